The van der Waals surface area contributed by atoms with Crippen LogP contribution in [0.15, 0.2) is 24.1 Å². The Kier molecular flexibility index (Phi) is 6.81. The number of esters is 2. The zero-order valence-corrected chi connectivity index (χ0v) is 12.7. The van der Waals surface area contributed by atoms with Crippen molar-refractivity contribution in [2.45, 2.75) is 19.1 Å². The van der Waals surface area contributed by atoms with Crippen LogP contribution >= 0.6 is 11.8 Å². The Hall–Kier alpha value is -1.27. The highest BCUT2D eigenvalue weighted by molar-refractivity contribution is 8.02. The molecule has 5 nitrogen and oxygen atoms in total. The van der Waals surface area contributed by atoms with Crippen molar-refractivity contribution in [1.82, 2.24) is 0 Å². The summed E-state index contributed by atoms with van der Waals surface area (Å²) < 4.78 is 15.3. The molecule has 112 valence electrons. The van der Waals surface area contributed by atoms with Gasteiger partial charge in [-0.3, -0.25) is 9.59 Å². The Labute approximate surface area is 123 Å². The van der Waals surface area contributed by atoms with Crippen molar-refractivity contribution < 1.29 is 23.8 Å². The van der Waals surface area contributed by atoms with E-state index in [1.807, 2.05) is 12.3 Å². The maximum Gasteiger partial charge on any atom is 0.312 e. The second-order valence-electron chi connectivity index (χ2n) is 4.18. The number of hydrogen-bond acceptors (Lipinski definition) is 6. The van der Waals surface area contributed by atoms with Crippen LogP contribution in [0.5, 0.6) is 0 Å². The number of methoxy groups -OCH3 is 2. The summed E-state index contributed by atoms with van der Waals surface area (Å²) >= 11 is 1.59. The molecule has 0 saturated carbocycles. The van der Waals surface area contributed by atoms with Crippen LogP contribution in [0.25, 0.3) is 0 Å². The number of carbonyl (C=O) groups excluding carboxylic acids is 2. The van der Waals surface area contributed by atoms with E-state index >= 15 is 0 Å². The van der Waals surface area contributed by atoms with Crippen LogP contribution in [0.3, 0.4) is 0 Å². The standard InChI is InChI=1S/C14H20O5S/c1-5-9-11(13(15)17-3)12(14(16)18-4)10(19-9)7-8-20-6-2/h5,7-12H,1,6H2,2-4H3/b8-7+. The summed E-state index contributed by atoms with van der Waals surface area (Å²) in [6.07, 6.45) is 2.20. The summed E-state index contributed by atoms with van der Waals surface area (Å²) in [5, 5.41) is 1.86. The van der Waals surface area contributed by atoms with E-state index in [2.05, 4.69) is 6.58 Å². The van der Waals surface area contributed by atoms with Crippen molar-refractivity contribution in [3.63, 3.8) is 0 Å². The average Bonchev–Trinajstić information content (AvgIpc) is 2.84. The SMILES string of the molecule is C=CC1OC(/C=C/SCC)C(C(=O)OC)C1C(=O)OC. The first kappa shape index (κ1) is 16.8. The molecule has 6 heteroatoms. The Bertz CT molecular complexity index is 393. The first-order chi connectivity index (χ1) is 9.60. The molecule has 0 aromatic rings. The lowest BCUT2D eigenvalue weighted by Crippen LogP contribution is -2.35. The van der Waals surface area contributed by atoms with Crippen LogP contribution in [-0.2, 0) is 23.8 Å². The van der Waals surface area contributed by atoms with Crippen LogP contribution in [0.2, 0.25) is 0 Å². The normalized spacial score (nSPS) is 29.4. The molecule has 0 N–H and O–H groups in total. The van der Waals surface area contributed by atoms with E-state index in [0.717, 1.165) is 5.75 Å². The minimum atomic E-state index is -0.730. The van der Waals surface area contributed by atoms with Crippen LogP contribution in [-0.4, -0.2) is 44.1 Å². The van der Waals surface area contributed by atoms with Crippen LogP contribution < -0.4 is 0 Å². The van der Waals surface area contributed by atoms with Gasteiger partial charge >= 0.3 is 11.9 Å². The van der Waals surface area contributed by atoms with Crippen LogP contribution in [0, 0.1) is 11.8 Å². The van der Waals surface area contributed by atoms with Gasteiger partial charge in [0.15, 0.2) is 0 Å². The highest BCUT2D eigenvalue weighted by atomic mass is 32.2. The zero-order chi connectivity index (χ0) is 15.1. The number of rotatable bonds is 6. The minimum Gasteiger partial charge on any atom is -0.469 e. The molecule has 0 aliphatic carbocycles. The summed E-state index contributed by atoms with van der Waals surface area (Å²) in [6, 6.07) is 0. The lowest BCUT2D eigenvalue weighted by molar-refractivity contribution is -0.156. The van der Waals surface area contributed by atoms with Crippen LogP contribution in [0.4, 0.5) is 0 Å². The summed E-state index contributed by atoms with van der Waals surface area (Å²) in [5.41, 5.74) is 0. The highest BCUT2D eigenvalue weighted by Gasteiger charge is 2.51. The smallest absolute Gasteiger partial charge is 0.312 e. The van der Waals surface area contributed by atoms with Gasteiger partial charge in [-0.05, 0) is 17.2 Å². The molecule has 1 aliphatic heterocycles. The largest absolute Gasteiger partial charge is 0.469 e. The maximum atomic E-state index is 12.0. The average molecular weight is 300 g/mol. The Morgan fingerprint density at radius 3 is 2.20 bits per heavy atom. The van der Waals surface area contributed by atoms with E-state index in [9.17, 15) is 9.59 Å². The molecule has 1 fully saturated rings. The first-order valence-corrected chi connectivity index (χ1v) is 7.37. The Balaban J connectivity index is 3.03. The molecule has 1 rings (SSSR count). The van der Waals surface area contributed by atoms with Gasteiger partial charge in [-0.2, -0.15) is 0 Å². The molecule has 0 bridgehead atoms. The molecule has 0 amide bonds. The summed E-state index contributed by atoms with van der Waals surface area (Å²) in [5.74, 6) is -1.52. The van der Waals surface area contributed by atoms with Crippen molar-refractivity contribution >= 4 is 23.7 Å². The fourth-order valence-corrected chi connectivity index (χ4v) is 2.65. The van der Waals surface area contributed by atoms with Gasteiger partial charge in [0.1, 0.15) is 11.8 Å². The van der Waals surface area contributed by atoms with Crippen molar-refractivity contribution in [2.24, 2.45) is 11.8 Å². The lowest BCUT2D eigenvalue weighted by atomic mass is 9.87. The number of carbonyl (C=O) groups is 2. The third-order valence-corrected chi connectivity index (χ3v) is 3.80. The summed E-state index contributed by atoms with van der Waals surface area (Å²) in [4.78, 5) is 23.9. The molecule has 0 spiro atoms. The van der Waals surface area contributed by atoms with Gasteiger partial charge in [0.2, 0.25) is 0 Å². The predicted molar refractivity (Wildman–Crippen MR) is 77.1 cm³/mol. The number of hydrogen-bond donors (Lipinski definition) is 0. The molecular weight excluding hydrogens is 280 g/mol. The van der Waals surface area contributed by atoms with Gasteiger partial charge in [-0.25, -0.2) is 0 Å². The third kappa shape index (κ3) is 3.64. The second kappa shape index (κ2) is 8.11. The van der Waals surface area contributed by atoms with Gasteiger partial charge in [-0.1, -0.05) is 13.0 Å². The molecule has 1 heterocycles. The van der Waals surface area contributed by atoms with E-state index in [1.54, 1.807) is 17.8 Å². The Morgan fingerprint density at radius 2 is 1.75 bits per heavy atom. The second-order valence-corrected chi connectivity index (χ2v) is 5.37. The Morgan fingerprint density at radius 1 is 1.20 bits per heavy atom. The molecule has 1 saturated heterocycles. The molecule has 20 heavy (non-hydrogen) atoms. The van der Waals surface area contributed by atoms with Crippen molar-refractivity contribution in [3.05, 3.63) is 24.1 Å². The van der Waals surface area contributed by atoms with E-state index < -0.39 is 36.0 Å². The van der Waals surface area contributed by atoms with Crippen LogP contribution in [0.1, 0.15) is 6.92 Å². The first-order valence-electron chi connectivity index (χ1n) is 6.32. The maximum absolute atomic E-state index is 12.0. The fourth-order valence-electron chi connectivity index (χ4n) is 2.19. The van der Waals surface area contributed by atoms with E-state index in [0.29, 0.717) is 0 Å². The van der Waals surface area contributed by atoms with Gasteiger partial charge in [0.05, 0.1) is 26.4 Å². The van der Waals surface area contributed by atoms with E-state index in [4.69, 9.17) is 14.2 Å². The van der Waals surface area contributed by atoms with Crippen molar-refractivity contribution in [1.29, 1.82) is 0 Å². The minimum absolute atomic E-state index is 0.485. The van der Waals surface area contributed by atoms with E-state index in [1.165, 1.54) is 20.3 Å². The molecule has 1 aliphatic rings. The van der Waals surface area contributed by atoms with Gasteiger partial charge < -0.3 is 14.2 Å². The number of ether oxygens (including phenoxy) is 3. The van der Waals surface area contributed by atoms with Crippen molar-refractivity contribution in [3.8, 4) is 0 Å². The van der Waals surface area contributed by atoms with E-state index in [-0.39, 0.29) is 0 Å². The topological polar surface area (TPSA) is 61.8 Å². The molecule has 4 atom stereocenters. The zero-order valence-electron chi connectivity index (χ0n) is 11.9. The number of thioether (sulfide) groups is 1. The molecule has 0 aromatic carbocycles. The third-order valence-electron chi connectivity index (χ3n) is 3.12. The summed E-state index contributed by atoms with van der Waals surface area (Å²) in [7, 11) is 2.58. The lowest BCUT2D eigenvalue weighted by Gasteiger charge is -2.17. The molecule has 0 radical (unpaired) electrons. The van der Waals surface area contributed by atoms with Crippen molar-refractivity contribution in [2.75, 3.05) is 20.0 Å². The molecule has 0 aromatic heterocycles. The van der Waals surface area contributed by atoms with Gasteiger partial charge in [-0.15, -0.1) is 18.3 Å². The summed E-state index contributed by atoms with van der Waals surface area (Å²) in [6.45, 7) is 5.67. The quantitative estimate of drug-likeness (QED) is 0.550. The predicted octanol–water partition coefficient (Wildman–Crippen LogP) is 1.78. The highest BCUT2D eigenvalue weighted by Crippen LogP contribution is 2.36. The fraction of sp³-hybridized carbons (Fsp3) is 0.571. The monoisotopic (exact) mass is 300 g/mol. The van der Waals surface area contributed by atoms with Gasteiger partial charge in [0, 0.05) is 0 Å². The molecule has 4 unspecified atom stereocenters. The molecular formula is C14H20O5S. The van der Waals surface area contributed by atoms with Gasteiger partial charge in [0.25, 0.3) is 0 Å².